The van der Waals surface area contributed by atoms with Gasteiger partial charge in [0.1, 0.15) is 5.78 Å². The molecule has 0 aliphatic heterocycles. The number of carbonyl (C=O) groups excluding carboxylic acids is 3. The number of rotatable bonds is 9. The largest absolute Gasteiger partial charge is 0.462 e. The summed E-state index contributed by atoms with van der Waals surface area (Å²) in [5.74, 6) is -0.443. The lowest BCUT2D eigenvalue weighted by molar-refractivity contribution is -0.139. The number of hydrogen-bond donors (Lipinski definition) is 0. The molecular formula is C23H25NO4. The van der Waals surface area contributed by atoms with Gasteiger partial charge >= 0.3 is 5.97 Å². The molecule has 0 N–H and O–H groups in total. The van der Waals surface area contributed by atoms with Gasteiger partial charge < -0.3 is 4.74 Å². The van der Waals surface area contributed by atoms with Gasteiger partial charge in [-0.25, -0.2) is 4.79 Å². The molecule has 0 radical (unpaired) electrons. The molecule has 2 aromatic rings. The minimum atomic E-state index is -0.434. The number of amides is 1. The van der Waals surface area contributed by atoms with E-state index in [1.807, 2.05) is 54.6 Å². The van der Waals surface area contributed by atoms with Crippen LogP contribution in [0.2, 0.25) is 0 Å². The van der Waals surface area contributed by atoms with E-state index in [9.17, 15) is 14.4 Å². The zero-order valence-electron chi connectivity index (χ0n) is 16.3. The van der Waals surface area contributed by atoms with E-state index >= 15 is 0 Å². The fourth-order valence-corrected chi connectivity index (χ4v) is 2.73. The molecule has 0 fully saturated rings. The molecule has 0 saturated carbocycles. The van der Waals surface area contributed by atoms with E-state index in [-0.39, 0.29) is 18.3 Å². The Labute approximate surface area is 165 Å². The van der Waals surface area contributed by atoms with E-state index in [0.717, 1.165) is 16.9 Å². The SMILES string of the molecule is C=C(C)C(=O)OCCCC(=O)Cc1ccc(N(C(C)=O)c2ccccc2)cc1. The molecule has 2 rings (SSSR count). The highest BCUT2D eigenvalue weighted by molar-refractivity contribution is 5.99. The minimum absolute atomic E-state index is 0.0746. The Bertz CT molecular complexity index is 841. The topological polar surface area (TPSA) is 63.7 Å². The van der Waals surface area contributed by atoms with Crippen LogP contribution in [0.5, 0.6) is 0 Å². The van der Waals surface area contributed by atoms with Crippen LogP contribution >= 0.6 is 0 Å². The molecule has 0 aromatic heterocycles. The van der Waals surface area contributed by atoms with Gasteiger partial charge in [-0.2, -0.15) is 0 Å². The van der Waals surface area contributed by atoms with Gasteiger partial charge in [-0.05, 0) is 43.2 Å². The molecule has 0 aliphatic rings. The summed E-state index contributed by atoms with van der Waals surface area (Å²) in [5.41, 5.74) is 2.77. The summed E-state index contributed by atoms with van der Waals surface area (Å²) in [5, 5.41) is 0. The Kier molecular flexibility index (Phi) is 7.69. The normalized spacial score (nSPS) is 10.2. The van der Waals surface area contributed by atoms with Crippen LogP contribution in [-0.4, -0.2) is 24.3 Å². The number of ether oxygens (including phenoxy) is 1. The first-order valence-electron chi connectivity index (χ1n) is 9.17. The predicted molar refractivity (Wildman–Crippen MR) is 109 cm³/mol. The van der Waals surface area contributed by atoms with Crippen molar-refractivity contribution in [1.29, 1.82) is 0 Å². The maximum absolute atomic E-state index is 12.1. The summed E-state index contributed by atoms with van der Waals surface area (Å²) in [6.07, 6.45) is 1.14. The number of nitrogens with zero attached hydrogens (tertiary/aromatic N) is 1. The molecule has 5 heteroatoms. The van der Waals surface area contributed by atoms with Gasteiger partial charge in [-0.15, -0.1) is 0 Å². The Morgan fingerprint density at radius 1 is 0.929 bits per heavy atom. The van der Waals surface area contributed by atoms with Gasteiger partial charge in [0.05, 0.1) is 6.61 Å². The number of benzene rings is 2. The van der Waals surface area contributed by atoms with E-state index in [4.69, 9.17) is 4.74 Å². The Morgan fingerprint density at radius 3 is 2.11 bits per heavy atom. The van der Waals surface area contributed by atoms with Crippen LogP contribution in [0.25, 0.3) is 0 Å². The molecular weight excluding hydrogens is 354 g/mol. The molecule has 28 heavy (non-hydrogen) atoms. The molecule has 1 amide bonds. The second-order valence-corrected chi connectivity index (χ2v) is 6.59. The number of ketones is 1. The number of esters is 1. The lowest BCUT2D eigenvalue weighted by Gasteiger charge is -2.21. The van der Waals surface area contributed by atoms with Crippen molar-refractivity contribution in [3.8, 4) is 0 Å². The summed E-state index contributed by atoms with van der Waals surface area (Å²) >= 11 is 0. The Morgan fingerprint density at radius 2 is 1.54 bits per heavy atom. The summed E-state index contributed by atoms with van der Waals surface area (Å²) < 4.78 is 4.98. The first kappa shape index (κ1) is 21.1. The molecule has 0 atom stereocenters. The van der Waals surface area contributed by atoms with Crippen LogP contribution in [0.3, 0.4) is 0 Å². The first-order chi connectivity index (χ1) is 13.4. The molecule has 0 heterocycles. The zero-order valence-corrected chi connectivity index (χ0v) is 16.3. The van der Waals surface area contributed by atoms with E-state index in [0.29, 0.717) is 24.8 Å². The Hall–Kier alpha value is -3.21. The highest BCUT2D eigenvalue weighted by atomic mass is 16.5. The third kappa shape index (κ3) is 6.20. The van der Waals surface area contributed by atoms with Crippen LogP contribution in [0.1, 0.15) is 32.3 Å². The molecule has 0 bridgehead atoms. The van der Waals surface area contributed by atoms with Gasteiger partial charge in [-0.3, -0.25) is 14.5 Å². The van der Waals surface area contributed by atoms with Crippen LogP contribution in [0.4, 0.5) is 11.4 Å². The van der Waals surface area contributed by atoms with Crippen LogP contribution in [0.15, 0.2) is 66.7 Å². The summed E-state index contributed by atoms with van der Waals surface area (Å²) in [7, 11) is 0. The zero-order chi connectivity index (χ0) is 20.5. The second kappa shape index (κ2) is 10.2. The van der Waals surface area contributed by atoms with Crippen molar-refractivity contribution in [3.05, 3.63) is 72.3 Å². The van der Waals surface area contributed by atoms with Crippen molar-refractivity contribution in [2.24, 2.45) is 0 Å². The van der Waals surface area contributed by atoms with Crippen molar-refractivity contribution in [2.75, 3.05) is 11.5 Å². The number of anilines is 2. The maximum atomic E-state index is 12.1. The number of Topliss-reactive ketones (excluding diaryl/α,β-unsaturated/α-hetero) is 1. The quantitative estimate of drug-likeness (QED) is 0.368. The number of carbonyl (C=O) groups is 3. The standard InChI is InChI=1S/C23H25NO4/c1-17(2)23(27)28-15-7-10-22(26)16-19-11-13-21(14-12-19)24(18(3)25)20-8-5-4-6-9-20/h4-6,8-9,11-14H,1,7,10,15-16H2,2-3H3. The molecule has 5 nitrogen and oxygen atoms in total. The molecule has 0 saturated heterocycles. The fraction of sp³-hybridized carbons (Fsp3) is 0.261. The number of para-hydroxylation sites is 1. The van der Waals surface area contributed by atoms with E-state index in [2.05, 4.69) is 6.58 Å². The Balaban J connectivity index is 1.91. The van der Waals surface area contributed by atoms with E-state index in [1.165, 1.54) is 6.92 Å². The highest BCUT2D eigenvalue weighted by Gasteiger charge is 2.14. The molecule has 146 valence electrons. The highest BCUT2D eigenvalue weighted by Crippen LogP contribution is 2.25. The smallest absolute Gasteiger partial charge is 0.333 e. The summed E-state index contributed by atoms with van der Waals surface area (Å²) in [6, 6.07) is 16.8. The first-order valence-corrected chi connectivity index (χ1v) is 9.17. The average molecular weight is 379 g/mol. The van der Waals surface area contributed by atoms with Crippen LogP contribution in [-0.2, 0) is 25.5 Å². The summed E-state index contributed by atoms with van der Waals surface area (Å²) in [6.45, 7) is 6.82. The maximum Gasteiger partial charge on any atom is 0.333 e. The lowest BCUT2D eigenvalue weighted by Crippen LogP contribution is -2.22. The van der Waals surface area contributed by atoms with Gasteiger partial charge in [0.25, 0.3) is 0 Å². The van der Waals surface area contributed by atoms with Gasteiger partial charge in [0.15, 0.2) is 0 Å². The molecule has 0 unspecified atom stereocenters. The van der Waals surface area contributed by atoms with Crippen LogP contribution in [0, 0.1) is 0 Å². The van der Waals surface area contributed by atoms with Gasteiger partial charge in [0.2, 0.25) is 5.91 Å². The van der Waals surface area contributed by atoms with Crippen molar-refractivity contribution >= 4 is 29.0 Å². The van der Waals surface area contributed by atoms with Crippen molar-refractivity contribution in [1.82, 2.24) is 0 Å². The van der Waals surface area contributed by atoms with Crippen molar-refractivity contribution in [3.63, 3.8) is 0 Å². The van der Waals surface area contributed by atoms with Crippen LogP contribution < -0.4 is 4.90 Å². The average Bonchev–Trinajstić information content (AvgIpc) is 2.67. The lowest BCUT2D eigenvalue weighted by atomic mass is 10.1. The van der Waals surface area contributed by atoms with Crippen molar-refractivity contribution < 1.29 is 19.1 Å². The van der Waals surface area contributed by atoms with E-state index < -0.39 is 5.97 Å². The number of hydrogen-bond acceptors (Lipinski definition) is 4. The fourth-order valence-electron chi connectivity index (χ4n) is 2.73. The molecule has 0 aliphatic carbocycles. The summed E-state index contributed by atoms with van der Waals surface area (Å²) in [4.78, 5) is 37.1. The molecule has 2 aromatic carbocycles. The monoisotopic (exact) mass is 379 g/mol. The third-order valence-corrected chi connectivity index (χ3v) is 4.11. The second-order valence-electron chi connectivity index (χ2n) is 6.59. The third-order valence-electron chi connectivity index (χ3n) is 4.11. The van der Waals surface area contributed by atoms with E-state index in [1.54, 1.807) is 11.8 Å². The van der Waals surface area contributed by atoms with Gasteiger partial charge in [0, 0.05) is 36.7 Å². The molecule has 0 spiro atoms. The van der Waals surface area contributed by atoms with Gasteiger partial charge in [-0.1, -0.05) is 36.9 Å². The predicted octanol–water partition coefficient (Wildman–Crippen LogP) is 4.38. The minimum Gasteiger partial charge on any atom is -0.462 e. The van der Waals surface area contributed by atoms with Crippen molar-refractivity contribution in [2.45, 2.75) is 33.1 Å².